The van der Waals surface area contributed by atoms with Gasteiger partial charge in [0.05, 0.1) is 37.8 Å². The largest absolute Gasteiger partial charge is 0.496 e. The van der Waals surface area contributed by atoms with Crippen LogP contribution in [-0.2, 0) is 16.6 Å². The van der Waals surface area contributed by atoms with E-state index in [0.29, 0.717) is 22.7 Å². The Morgan fingerprint density at radius 3 is 2.22 bits per heavy atom. The minimum atomic E-state index is -3.40. The van der Waals surface area contributed by atoms with Crippen LogP contribution in [0.3, 0.4) is 0 Å². The summed E-state index contributed by atoms with van der Waals surface area (Å²) >= 11 is 0. The zero-order valence-electron chi connectivity index (χ0n) is 15.9. The number of sulfonamides is 1. The fraction of sp³-hybridized carbons (Fsp3) is 0.316. The number of amides is 1. The number of nitrogens with one attached hydrogen (secondary N) is 1. The molecule has 0 aliphatic rings. The van der Waals surface area contributed by atoms with Crippen molar-refractivity contribution < 1.29 is 22.7 Å². The van der Waals surface area contributed by atoms with Crippen molar-refractivity contribution in [3.63, 3.8) is 0 Å². The van der Waals surface area contributed by atoms with Gasteiger partial charge in [-0.2, -0.15) is 0 Å². The minimum absolute atomic E-state index is 0.0203. The van der Waals surface area contributed by atoms with Gasteiger partial charge in [-0.05, 0) is 37.3 Å². The molecule has 0 heterocycles. The molecule has 0 saturated heterocycles. The number of benzene rings is 2. The summed E-state index contributed by atoms with van der Waals surface area (Å²) in [6.45, 7) is 1.78. The fourth-order valence-corrected chi connectivity index (χ4v) is 3.39. The smallest absolute Gasteiger partial charge is 0.251 e. The molecular weight excluding hydrogens is 368 g/mol. The van der Waals surface area contributed by atoms with Crippen molar-refractivity contribution in [2.45, 2.75) is 13.5 Å². The van der Waals surface area contributed by atoms with Gasteiger partial charge in [-0.3, -0.25) is 9.10 Å². The predicted molar refractivity (Wildman–Crippen MR) is 105 cm³/mol. The third-order valence-electron chi connectivity index (χ3n) is 4.21. The zero-order chi connectivity index (χ0) is 20.0. The predicted octanol–water partition coefficient (Wildman–Crippen LogP) is 2.42. The van der Waals surface area contributed by atoms with Crippen molar-refractivity contribution in [2.24, 2.45) is 0 Å². The van der Waals surface area contributed by atoms with E-state index >= 15 is 0 Å². The van der Waals surface area contributed by atoms with E-state index in [1.165, 1.54) is 11.4 Å². The van der Waals surface area contributed by atoms with Crippen LogP contribution in [0, 0.1) is 0 Å². The number of carbonyl (C=O) groups excluding carboxylic acids is 1. The van der Waals surface area contributed by atoms with E-state index in [0.717, 1.165) is 5.56 Å². The Bertz CT molecular complexity index is 890. The van der Waals surface area contributed by atoms with Crippen molar-refractivity contribution in [1.82, 2.24) is 5.32 Å². The molecule has 146 valence electrons. The lowest BCUT2D eigenvalue weighted by molar-refractivity contribution is 0.0950. The summed E-state index contributed by atoms with van der Waals surface area (Å²) in [5, 5.41) is 2.82. The van der Waals surface area contributed by atoms with Crippen molar-refractivity contribution >= 4 is 21.6 Å². The van der Waals surface area contributed by atoms with Crippen LogP contribution in [0.2, 0.25) is 0 Å². The van der Waals surface area contributed by atoms with Gasteiger partial charge in [0.2, 0.25) is 10.0 Å². The van der Waals surface area contributed by atoms with Gasteiger partial charge in [-0.15, -0.1) is 0 Å². The molecule has 2 aromatic carbocycles. The second kappa shape index (κ2) is 8.77. The Kier molecular flexibility index (Phi) is 6.68. The lowest BCUT2D eigenvalue weighted by Crippen LogP contribution is -2.28. The molecule has 7 nitrogen and oxygen atoms in total. The first kappa shape index (κ1) is 20.6. The molecule has 1 amide bonds. The van der Waals surface area contributed by atoms with Crippen LogP contribution in [0.4, 0.5) is 5.69 Å². The highest BCUT2D eigenvalue weighted by atomic mass is 32.2. The van der Waals surface area contributed by atoms with E-state index in [4.69, 9.17) is 9.47 Å². The van der Waals surface area contributed by atoms with Gasteiger partial charge in [-0.25, -0.2) is 8.42 Å². The van der Waals surface area contributed by atoms with E-state index in [1.807, 2.05) is 0 Å². The minimum Gasteiger partial charge on any atom is -0.496 e. The second-order valence-corrected chi connectivity index (χ2v) is 8.03. The third-order valence-corrected chi connectivity index (χ3v) is 5.98. The van der Waals surface area contributed by atoms with E-state index in [-0.39, 0.29) is 18.2 Å². The van der Waals surface area contributed by atoms with Crippen LogP contribution in [0.5, 0.6) is 11.5 Å². The molecule has 0 unspecified atom stereocenters. The van der Waals surface area contributed by atoms with Gasteiger partial charge in [0.15, 0.2) is 0 Å². The molecule has 27 heavy (non-hydrogen) atoms. The lowest BCUT2D eigenvalue weighted by Gasteiger charge is -2.19. The number of methoxy groups -OCH3 is 2. The SMILES string of the molecule is CCS(=O)(=O)N(C)c1cccc(C(=O)NCc2c(OC)cccc2OC)c1. The van der Waals surface area contributed by atoms with Crippen molar-refractivity contribution in [3.05, 3.63) is 53.6 Å². The van der Waals surface area contributed by atoms with Gasteiger partial charge in [0.25, 0.3) is 5.91 Å². The fourth-order valence-electron chi connectivity index (χ4n) is 2.57. The summed E-state index contributed by atoms with van der Waals surface area (Å²) in [5.41, 5.74) is 1.51. The molecule has 0 bridgehead atoms. The Labute approximate surface area is 160 Å². The Morgan fingerprint density at radius 2 is 1.67 bits per heavy atom. The number of rotatable bonds is 8. The van der Waals surface area contributed by atoms with Crippen molar-refractivity contribution in [1.29, 1.82) is 0 Å². The van der Waals surface area contributed by atoms with Crippen LogP contribution >= 0.6 is 0 Å². The van der Waals surface area contributed by atoms with E-state index in [2.05, 4.69) is 5.32 Å². The molecule has 0 spiro atoms. The molecule has 0 aromatic heterocycles. The van der Waals surface area contributed by atoms with Crippen molar-refractivity contribution in [3.8, 4) is 11.5 Å². The maximum atomic E-state index is 12.6. The van der Waals surface area contributed by atoms with Gasteiger partial charge >= 0.3 is 0 Å². The molecular formula is C19H24N2O5S. The number of nitrogens with zero attached hydrogens (tertiary/aromatic N) is 1. The molecule has 0 atom stereocenters. The highest BCUT2D eigenvalue weighted by Crippen LogP contribution is 2.28. The average Bonchev–Trinajstić information content (AvgIpc) is 2.70. The highest BCUT2D eigenvalue weighted by Gasteiger charge is 2.17. The van der Waals surface area contributed by atoms with E-state index < -0.39 is 10.0 Å². The average molecular weight is 392 g/mol. The maximum absolute atomic E-state index is 12.6. The summed E-state index contributed by atoms with van der Waals surface area (Å²) < 4.78 is 35.9. The number of hydrogen-bond donors (Lipinski definition) is 1. The number of ether oxygens (including phenoxy) is 2. The molecule has 0 saturated carbocycles. The second-order valence-electron chi connectivity index (χ2n) is 5.74. The van der Waals surface area contributed by atoms with Crippen LogP contribution in [0.25, 0.3) is 0 Å². The normalized spacial score (nSPS) is 11.0. The summed E-state index contributed by atoms with van der Waals surface area (Å²) in [7, 11) is 1.17. The van der Waals surface area contributed by atoms with Gasteiger partial charge in [0.1, 0.15) is 11.5 Å². The number of hydrogen-bond acceptors (Lipinski definition) is 5. The first-order valence-corrected chi connectivity index (χ1v) is 9.99. The van der Waals surface area contributed by atoms with Crippen LogP contribution in [0.1, 0.15) is 22.8 Å². The Balaban J connectivity index is 2.20. The van der Waals surface area contributed by atoms with Crippen molar-refractivity contribution in [2.75, 3.05) is 31.3 Å². The van der Waals surface area contributed by atoms with Crippen LogP contribution in [-0.4, -0.2) is 41.3 Å². The Hall–Kier alpha value is -2.74. The third kappa shape index (κ3) is 4.71. The van der Waals surface area contributed by atoms with Crippen LogP contribution < -0.4 is 19.1 Å². The first-order chi connectivity index (χ1) is 12.8. The summed E-state index contributed by atoms with van der Waals surface area (Å²) in [6.07, 6.45) is 0. The van der Waals surface area contributed by atoms with Gasteiger partial charge < -0.3 is 14.8 Å². The summed E-state index contributed by atoms with van der Waals surface area (Å²) in [6, 6.07) is 11.8. The lowest BCUT2D eigenvalue weighted by atomic mass is 10.1. The molecule has 0 aliphatic heterocycles. The van der Waals surface area contributed by atoms with Crippen LogP contribution in [0.15, 0.2) is 42.5 Å². The standard InChI is InChI=1S/C19H24N2O5S/c1-5-27(23,24)21(2)15-9-6-8-14(12-15)19(22)20-13-16-17(25-3)10-7-11-18(16)26-4/h6-12H,5,13H2,1-4H3,(H,20,22). The molecule has 1 N–H and O–H groups in total. The summed E-state index contributed by atoms with van der Waals surface area (Å²) in [4.78, 5) is 12.6. The molecule has 2 rings (SSSR count). The molecule has 8 heteroatoms. The quantitative estimate of drug-likeness (QED) is 0.746. The Morgan fingerprint density at radius 1 is 1.07 bits per heavy atom. The molecule has 0 aliphatic carbocycles. The van der Waals surface area contributed by atoms with E-state index in [9.17, 15) is 13.2 Å². The number of carbonyl (C=O) groups is 1. The highest BCUT2D eigenvalue weighted by molar-refractivity contribution is 7.92. The molecule has 0 radical (unpaired) electrons. The number of anilines is 1. The van der Waals surface area contributed by atoms with Gasteiger partial charge in [0, 0.05) is 12.6 Å². The summed E-state index contributed by atoms with van der Waals surface area (Å²) in [5.74, 6) is 0.870. The van der Waals surface area contributed by atoms with Gasteiger partial charge in [-0.1, -0.05) is 12.1 Å². The first-order valence-electron chi connectivity index (χ1n) is 8.38. The zero-order valence-corrected chi connectivity index (χ0v) is 16.7. The topological polar surface area (TPSA) is 84.9 Å². The molecule has 2 aromatic rings. The monoisotopic (exact) mass is 392 g/mol. The maximum Gasteiger partial charge on any atom is 0.251 e. The molecule has 0 fully saturated rings. The van der Waals surface area contributed by atoms with E-state index in [1.54, 1.807) is 63.6 Å².